The summed E-state index contributed by atoms with van der Waals surface area (Å²) in [6, 6.07) is 16.7. The number of anilines is 2. The van der Waals surface area contributed by atoms with E-state index in [1.165, 1.54) is 4.90 Å². The van der Waals surface area contributed by atoms with Crippen molar-refractivity contribution in [1.82, 2.24) is 4.90 Å². The minimum Gasteiger partial charge on any atom is -0.320 e. The van der Waals surface area contributed by atoms with Gasteiger partial charge in [0, 0.05) is 31.6 Å². The zero-order chi connectivity index (χ0) is 20.2. The molecule has 0 atom stereocenters. The fraction of sp³-hybridized carbons (Fsp3) is 0.261. The summed E-state index contributed by atoms with van der Waals surface area (Å²) in [5.41, 5.74) is 3.31. The molecule has 0 unspecified atom stereocenters. The Kier molecular flexibility index (Phi) is 5.42. The summed E-state index contributed by atoms with van der Waals surface area (Å²) in [6.45, 7) is 1.18. The summed E-state index contributed by atoms with van der Waals surface area (Å²) in [4.78, 5) is 40.1. The van der Waals surface area contributed by atoms with Crippen LogP contribution in [0.15, 0.2) is 60.7 Å². The highest BCUT2D eigenvalue weighted by atomic mass is 16.2. The fourth-order valence-electron chi connectivity index (χ4n) is 3.75. The second-order valence-electron chi connectivity index (χ2n) is 7.26. The third-order valence-corrected chi connectivity index (χ3v) is 5.22. The molecule has 1 fully saturated rings. The van der Waals surface area contributed by atoms with Crippen LogP contribution in [0.3, 0.4) is 0 Å². The zero-order valence-electron chi connectivity index (χ0n) is 16.1. The number of nitrogens with zero attached hydrogens (tertiary/aromatic N) is 2. The van der Waals surface area contributed by atoms with Gasteiger partial charge in [-0.05, 0) is 42.2 Å². The number of benzene rings is 2. The van der Waals surface area contributed by atoms with Gasteiger partial charge in [-0.1, -0.05) is 42.5 Å². The van der Waals surface area contributed by atoms with Crippen molar-refractivity contribution < 1.29 is 14.4 Å². The van der Waals surface area contributed by atoms with Gasteiger partial charge in [0.1, 0.15) is 0 Å². The van der Waals surface area contributed by atoms with Gasteiger partial charge in [0.25, 0.3) is 0 Å². The van der Waals surface area contributed by atoms with E-state index in [4.69, 9.17) is 0 Å². The normalized spacial score (nSPS) is 17.2. The molecule has 1 N–H and O–H groups in total. The van der Waals surface area contributed by atoms with Crippen molar-refractivity contribution in [3.05, 3.63) is 66.2 Å². The lowest BCUT2D eigenvalue weighted by Crippen LogP contribution is -2.40. The number of piperidine rings is 1. The van der Waals surface area contributed by atoms with E-state index in [0.717, 1.165) is 17.6 Å². The minimum absolute atomic E-state index is 0.194. The molecule has 2 aliphatic rings. The van der Waals surface area contributed by atoms with Crippen LogP contribution >= 0.6 is 0 Å². The van der Waals surface area contributed by atoms with Crippen LogP contribution in [0.1, 0.15) is 31.2 Å². The molecule has 0 aromatic heterocycles. The van der Waals surface area contributed by atoms with Crippen LogP contribution in [-0.2, 0) is 9.59 Å². The second kappa shape index (κ2) is 8.31. The molecule has 2 heterocycles. The largest absolute Gasteiger partial charge is 0.322 e. The highest BCUT2D eigenvalue weighted by Gasteiger charge is 2.27. The van der Waals surface area contributed by atoms with Gasteiger partial charge in [0.2, 0.25) is 11.8 Å². The second-order valence-corrected chi connectivity index (χ2v) is 7.26. The molecule has 0 saturated carbocycles. The third kappa shape index (κ3) is 4.21. The Bertz CT molecular complexity index is 952. The summed E-state index contributed by atoms with van der Waals surface area (Å²) in [5.74, 6) is -0.392. The highest BCUT2D eigenvalue weighted by molar-refractivity contribution is 6.16. The molecule has 2 aromatic rings. The average molecular weight is 389 g/mol. The van der Waals surface area contributed by atoms with Crippen LogP contribution < -0.4 is 10.2 Å². The first-order valence-electron chi connectivity index (χ1n) is 9.88. The number of nitrogens with one attached hydrogen (secondary N) is 1. The van der Waals surface area contributed by atoms with Gasteiger partial charge in [0.05, 0.1) is 5.69 Å². The van der Waals surface area contributed by atoms with Crippen molar-refractivity contribution in [3.8, 4) is 0 Å². The van der Waals surface area contributed by atoms with E-state index in [9.17, 15) is 14.4 Å². The van der Waals surface area contributed by atoms with E-state index in [1.807, 2.05) is 30.3 Å². The van der Waals surface area contributed by atoms with Crippen LogP contribution in [0.5, 0.6) is 0 Å². The Morgan fingerprint density at radius 3 is 2.45 bits per heavy atom. The van der Waals surface area contributed by atoms with Gasteiger partial charge in [-0.15, -0.1) is 0 Å². The van der Waals surface area contributed by atoms with Crippen molar-refractivity contribution in [2.24, 2.45) is 0 Å². The average Bonchev–Trinajstić information content (AvgIpc) is 2.75. The molecule has 2 aromatic carbocycles. The smallest absolute Gasteiger partial charge is 0.320 e. The minimum atomic E-state index is -0.196. The lowest BCUT2D eigenvalue weighted by Gasteiger charge is -2.28. The Balaban J connectivity index is 1.46. The van der Waals surface area contributed by atoms with Crippen molar-refractivity contribution in [3.63, 3.8) is 0 Å². The predicted molar refractivity (Wildman–Crippen MR) is 112 cm³/mol. The van der Waals surface area contributed by atoms with Crippen LogP contribution in [-0.4, -0.2) is 35.8 Å². The number of amides is 4. The van der Waals surface area contributed by atoms with Crippen molar-refractivity contribution in [2.75, 3.05) is 23.3 Å². The molecule has 0 spiro atoms. The molecule has 4 amide bonds. The van der Waals surface area contributed by atoms with Gasteiger partial charge in [0.15, 0.2) is 0 Å². The molecule has 148 valence electrons. The molecule has 2 aliphatic heterocycles. The first kappa shape index (κ1) is 18.9. The molecule has 0 aliphatic carbocycles. The molecular weight excluding hydrogens is 366 g/mol. The van der Waals surface area contributed by atoms with Gasteiger partial charge < -0.3 is 10.2 Å². The van der Waals surface area contributed by atoms with Gasteiger partial charge in [-0.2, -0.15) is 0 Å². The van der Waals surface area contributed by atoms with Crippen LogP contribution in [0, 0.1) is 0 Å². The quantitative estimate of drug-likeness (QED) is 0.805. The van der Waals surface area contributed by atoms with Crippen molar-refractivity contribution >= 4 is 34.8 Å². The molecular formula is C23H23N3O3. The Hall–Kier alpha value is -3.41. The summed E-state index contributed by atoms with van der Waals surface area (Å²) < 4.78 is 0. The van der Waals surface area contributed by atoms with Crippen LogP contribution in [0.4, 0.5) is 16.2 Å². The molecule has 29 heavy (non-hydrogen) atoms. The number of hydrogen-bond acceptors (Lipinski definition) is 3. The van der Waals surface area contributed by atoms with Crippen molar-refractivity contribution in [2.45, 2.75) is 25.7 Å². The van der Waals surface area contributed by atoms with E-state index in [-0.39, 0.29) is 17.8 Å². The SMILES string of the molecule is O=C(Nc1cccc(N2C(=O)CCCC2=O)c1)N1CCC=C(c2ccccc2)C1. The molecule has 1 saturated heterocycles. The number of imide groups is 1. The third-order valence-electron chi connectivity index (χ3n) is 5.22. The Morgan fingerprint density at radius 1 is 0.931 bits per heavy atom. The molecule has 6 nitrogen and oxygen atoms in total. The fourth-order valence-corrected chi connectivity index (χ4v) is 3.75. The molecule has 4 rings (SSSR count). The number of carbonyl (C=O) groups excluding carboxylic acids is 3. The summed E-state index contributed by atoms with van der Waals surface area (Å²) >= 11 is 0. The van der Waals surface area contributed by atoms with Crippen molar-refractivity contribution in [1.29, 1.82) is 0 Å². The Labute approximate surface area is 169 Å². The van der Waals surface area contributed by atoms with Crippen LogP contribution in [0.25, 0.3) is 5.57 Å². The molecule has 6 heteroatoms. The van der Waals surface area contributed by atoms with Gasteiger partial charge in [-0.3, -0.25) is 14.5 Å². The number of rotatable bonds is 3. The monoisotopic (exact) mass is 389 g/mol. The van der Waals surface area contributed by atoms with E-state index in [0.29, 0.717) is 43.7 Å². The van der Waals surface area contributed by atoms with Gasteiger partial charge >= 0.3 is 6.03 Å². The van der Waals surface area contributed by atoms with Crippen LogP contribution in [0.2, 0.25) is 0 Å². The highest BCUT2D eigenvalue weighted by Crippen LogP contribution is 2.26. The predicted octanol–water partition coefficient (Wildman–Crippen LogP) is 4.05. The van der Waals surface area contributed by atoms with Gasteiger partial charge in [-0.25, -0.2) is 4.79 Å². The lowest BCUT2D eigenvalue weighted by atomic mass is 10.0. The lowest BCUT2D eigenvalue weighted by molar-refractivity contribution is -0.129. The number of urea groups is 1. The maximum Gasteiger partial charge on any atom is 0.322 e. The summed E-state index contributed by atoms with van der Waals surface area (Å²) in [5, 5.41) is 2.90. The Morgan fingerprint density at radius 2 is 1.69 bits per heavy atom. The maximum atomic E-state index is 12.8. The van der Waals surface area contributed by atoms with E-state index >= 15 is 0 Å². The molecule has 0 radical (unpaired) electrons. The first-order valence-corrected chi connectivity index (χ1v) is 9.88. The molecule has 0 bridgehead atoms. The standard InChI is InChI=1S/C23H23N3O3/c27-21-12-5-13-22(28)26(21)20-11-4-10-19(15-20)24-23(29)25-14-6-9-18(16-25)17-7-2-1-3-8-17/h1-4,7-11,15H,5-6,12-14,16H2,(H,24,29). The maximum absolute atomic E-state index is 12.8. The van der Waals surface area contributed by atoms with E-state index in [2.05, 4.69) is 11.4 Å². The summed E-state index contributed by atoms with van der Waals surface area (Å²) in [7, 11) is 0. The zero-order valence-corrected chi connectivity index (χ0v) is 16.1. The van der Waals surface area contributed by atoms with E-state index < -0.39 is 0 Å². The number of hydrogen-bond donors (Lipinski definition) is 1. The van der Waals surface area contributed by atoms with E-state index in [1.54, 1.807) is 29.2 Å². The summed E-state index contributed by atoms with van der Waals surface area (Å²) in [6.07, 6.45) is 4.30. The topological polar surface area (TPSA) is 69.7 Å². The first-order chi connectivity index (χ1) is 14.1. The number of carbonyl (C=O) groups is 3.